The van der Waals surface area contributed by atoms with Gasteiger partial charge in [-0.05, 0) is 35.4 Å². The highest BCUT2D eigenvalue weighted by Gasteiger charge is 2.29. The second-order valence-corrected chi connectivity index (χ2v) is 8.41. The van der Waals surface area contributed by atoms with Gasteiger partial charge in [-0.3, -0.25) is 14.5 Å². The van der Waals surface area contributed by atoms with E-state index in [1.165, 1.54) is 42.5 Å². The Hall–Kier alpha value is -3.17. The SMILES string of the molecule is CC(=O)Nc1nc(C(=O)N2CCN(C(c3ccc(F)cc3)c3ccc(F)cc3)CC2)cs1. The predicted octanol–water partition coefficient (Wildman–Crippen LogP) is 3.93. The smallest absolute Gasteiger partial charge is 0.273 e. The first kappa shape index (κ1) is 22.0. The molecule has 9 heteroatoms. The van der Waals surface area contributed by atoms with Crippen LogP contribution in [0, 0.1) is 11.6 Å². The highest BCUT2D eigenvalue weighted by molar-refractivity contribution is 7.14. The lowest BCUT2D eigenvalue weighted by Crippen LogP contribution is -2.50. The van der Waals surface area contributed by atoms with Gasteiger partial charge in [0.2, 0.25) is 5.91 Å². The van der Waals surface area contributed by atoms with E-state index in [4.69, 9.17) is 0 Å². The van der Waals surface area contributed by atoms with Gasteiger partial charge in [-0.2, -0.15) is 0 Å². The third-order valence-corrected chi connectivity index (χ3v) is 6.10. The van der Waals surface area contributed by atoms with E-state index in [0.717, 1.165) is 11.1 Å². The van der Waals surface area contributed by atoms with Crippen molar-refractivity contribution in [3.63, 3.8) is 0 Å². The molecule has 1 aliphatic heterocycles. The van der Waals surface area contributed by atoms with Gasteiger partial charge in [-0.25, -0.2) is 13.8 Å². The van der Waals surface area contributed by atoms with Gasteiger partial charge >= 0.3 is 0 Å². The van der Waals surface area contributed by atoms with Crippen LogP contribution < -0.4 is 5.32 Å². The van der Waals surface area contributed by atoms with E-state index < -0.39 is 0 Å². The van der Waals surface area contributed by atoms with Crippen LogP contribution in [0.25, 0.3) is 0 Å². The molecule has 4 rings (SSSR count). The molecule has 166 valence electrons. The quantitative estimate of drug-likeness (QED) is 0.632. The van der Waals surface area contributed by atoms with Gasteiger partial charge in [0.05, 0.1) is 6.04 Å². The molecule has 0 bridgehead atoms. The fourth-order valence-electron chi connectivity index (χ4n) is 3.83. The molecule has 0 unspecified atom stereocenters. The summed E-state index contributed by atoms with van der Waals surface area (Å²) in [4.78, 5) is 32.2. The number of halogens is 2. The zero-order valence-electron chi connectivity index (χ0n) is 17.4. The number of anilines is 1. The number of carbonyl (C=O) groups is 2. The molecule has 0 radical (unpaired) electrons. The maximum atomic E-state index is 13.5. The number of carbonyl (C=O) groups excluding carboxylic acids is 2. The van der Waals surface area contributed by atoms with Crippen molar-refractivity contribution in [1.29, 1.82) is 0 Å². The number of amides is 2. The standard InChI is InChI=1S/C23H22F2N4O2S/c1-15(30)26-23-27-20(14-32-23)22(31)29-12-10-28(11-13-29)21(16-2-6-18(24)7-3-16)17-4-8-19(25)9-5-17/h2-9,14,21H,10-13H2,1H3,(H,26,27,30). The lowest BCUT2D eigenvalue weighted by atomic mass is 9.96. The molecular formula is C23H22F2N4O2S. The maximum absolute atomic E-state index is 13.5. The van der Waals surface area contributed by atoms with E-state index in [2.05, 4.69) is 15.2 Å². The van der Waals surface area contributed by atoms with Crippen LogP contribution >= 0.6 is 11.3 Å². The monoisotopic (exact) mass is 456 g/mol. The van der Waals surface area contributed by atoms with Crippen molar-refractivity contribution < 1.29 is 18.4 Å². The number of benzene rings is 2. The summed E-state index contributed by atoms with van der Waals surface area (Å²) in [5.74, 6) is -1.05. The van der Waals surface area contributed by atoms with Gasteiger partial charge in [-0.1, -0.05) is 24.3 Å². The minimum atomic E-state index is -0.316. The average molecular weight is 457 g/mol. The first-order valence-corrected chi connectivity index (χ1v) is 11.1. The van der Waals surface area contributed by atoms with Crippen molar-refractivity contribution in [3.05, 3.63) is 82.4 Å². The summed E-state index contributed by atoms with van der Waals surface area (Å²) in [5.41, 5.74) is 2.11. The Labute approximate surface area is 188 Å². The molecule has 3 aromatic rings. The largest absolute Gasteiger partial charge is 0.335 e. The highest BCUT2D eigenvalue weighted by Crippen LogP contribution is 2.30. The highest BCUT2D eigenvalue weighted by atomic mass is 32.1. The van der Waals surface area contributed by atoms with Gasteiger partial charge in [-0.15, -0.1) is 11.3 Å². The van der Waals surface area contributed by atoms with E-state index in [1.807, 2.05) is 0 Å². The zero-order chi connectivity index (χ0) is 22.7. The number of hydrogen-bond donors (Lipinski definition) is 1. The normalized spacial score (nSPS) is 14.6. The molecule has 0 aliphatic carbocycles. The summed E-state index contributed by atoms with van der Waals surface area (Å²) >= 11 is 1.21. The van der Waals surface area contributed by atoms with Crippen molar-refractivity contribution in [3.8, 4) is 0 Å². The number of hydrogen-bond acceptors (Lipinski definition) is 5. The second kappa shape index (κ2) is 9.54. The minimum Gasteiger partial charge on any atom is -0.335 e. The Morgan fingerprint density at radius 1 is 0.938 bits per heavy atom. The van der Waals surface area contributed by atoms with E-state index >= 15 is 0 Å². The van der Waals surface area contributed by atoms with Crippen molar-refractivity contribution in [1.82, 2.24) is 14.8 Å². The van der Waals surface area contributed by atoms with Gasteiger partial charge in [0, 0.05) is 38.5 Å². The molecule has 0 saturated carbocycles. The topological polar surface area (TPSA) is 65.5 Å². The first-order chi connectivity index (χ1) is 15.4. The van der Waals surface area contributed by atoms with Crippen LogP contribution in [0.5, 0.6) is 0 Å². The molecule has 1 N–H and O–H groups in total. The van der Waals surface area contributed by atoms with Gasteiger partial charge in [0.15, 0.2) is 5.13 Å². The maximum Gasteiger partial charge on any atom is 0.273 e. The Morgan fingerprint density at radius 2 is 1.47 bits per heavy atom. The number of thiazole rings is 1. The van der Waals surface area contributed by atoms with Crippen LogP contribution in [-0.4, -0.2) is 52.8 Å². The third kappa shape index (κ3) is 5.00. The fourth-order valence-corrected chi connectivity index (χ4v) is 4.56. The van der Waals surface area contributed by atoms with E-state index in [0.29, 0.717) is 37.0 Å². The summed E-state index contributed by atoms with van der Waals surface area (Å²) in [6, 6.07) is 12.4. The number of nitrogens with zero attached hydrogens (tertiary/aromatic N) is 3. The number of rotatable bonds is 5. The van der Waals surface area contributed by atoms with Crippen LogP contribution in [0.1, 0.15) is 34.6 Å². The molecule has 1 aromatic heterocycles. The summed E-state index contributed by atoms with van der Waals surface area (Å²) in [7, 11) is 0. The molecule has 1 fully saturated rings. The van der Waals surface area contributed by atoms with E-state index in [1.54, 1.807) is 34.5 Å². The zero-order valence-corrected chi connectivity index (χ0v) is 18.2. The van der Waals surface area contributed by atoms with Crippen LogP contribution in [0.2, 0.25) is 0 Å². The van der Waals surface area contributed by atoms with E-state index in [-0.39, 0.29) is 29.5 Å². The Kier molecular flexibility index (Phi) is 6.57. The van der Waals surface area contributed by atoms with Crippen molar-refractivity contribution in [2.24, 2.45) is 0 Å². The molecule has 2 heterocycles. The molecule has 32 heavy (non-hydrogen) atoms. The second-order valence-electron chi connectivity index (χ2n) is 7.55. The third-order valence-electron chi connectivity index (χ3n) is 5.34. The average Bonchev–Trinajstić information content (AvgIpc) is 3.24. The molecule has 2 amide bonds. The van der Waals surface area contributed by atoms with Crippen molar-refractivity contribution in [2.45, 2.75) is 13.0 Å². The summed E-state index contributed by atoms with van der Waals surface area (Å²) in [5, 5.41) is 4.62. The van der Waals surface area contributed by atoms with Gasteiger partial charge < -0.3 is 10.2 Å². The number of piperazine rings is 1. The number of nitrogens with one attached hydrogen (secondary N) is 1. The lowest BCUT2D eigenvalue weighted by Gasteiger charge is -2.39. The van der Waals surface area contributed by atoms with Gasteiger partial charge in [0.25, 0.3) is 5.91 Å². The molecule has 1 aliphatic rings. The molecule has 0 spiro atoms. The predicted molar refractivity (Wildman–Crippen MR) is 119 cm³/mol. The van der Waals surface area contributed by atoms with Crippen LogP contribution in [-0.2, 0) is 4.79 Å². The molecule has 1 saturated heterocycles. The Morgan fingerprint density at radius 3 is 1.97 bits per heavy atom. The first-order valence-electron chi connectivity index (χ1n) is 10.2. The minimum absolute atomic E-state index is 0.181. The molecular weight excluding hydrogens is 434 g/mol. The molecule has 0 atom stereocenters. The fraction of sp³-hybridized carbons (Fsp3) is 0.261. The van der Waals surface area contributed by atoms with Crippen molar-refractivity contribution >= 4 is 28.3 Å². The van der Waals surface area contributed by atoms with Crippen LogP contribution in [0.3, 0.4) is 0 Å². The summed E-state index contributed by atoms with van der Waals surface area (Å²) in [6.07, 6.45) is 0. The lowest BCUT2D eigenvalue weighted by molar-refractivity contribution is -0.114. The van der Waals surface area contributed by atoms with E-state index in [9.17, 15) is 18.4 Å². The summed E-state index contributed by atoms with van der Waals surface area (Å²) in [6.45, 7) is 3.55. The molecule has 6 nitrogen and oxygen atoms in total. The molecule has 2 aromatic carbocycles. The Balaban J connectivity index is 1.49. The van der Waals surface area contributed by atoms with Gasteiger partial charge in [0.1, 0.15) is 17.3 Å². The number of aromatic nitrogens is 1. The van der Waals surface area contributed by atoms with Crippen LogP contribution in [0.4, 0.5) is 13.9 Å². The van der Waals surface area contributed by atoms with Crippen LogP contribution in [0.15, 0.2) is 53.9 Å². The summed E-state index contributed by atoms with van der Waals surface area (Å²) < 4.78 is 27.0. The van der Waals surface area contributed by atoms with Crippen molar-refractivity contribution in [2.75, 3.05) is 31.5 Å². The Bertz CT molecular complexity index is 1050.